The summed E-state index contributed by atoms with van der Waals surface area (Å²) >= 11 is 1.35. The Morgan fingerprint density at radius 2 is 2.29 bits per heavy atom. The second kappa shape index (κ2) is 3.34. The van der Waals surface area contributed by atoms with Crippen LogP contribution in [0.2, 0.25) is 0 Å². The Bertz CT molecular complexity index is 417. The molecule has 0 radical (unpaired) electrons. The van der Waals surface area contributed by atoms with E-state index in [9.17, 15) is 9.59 Å². The molecule has 0 saturated heterocycles. The molecule has 4 nitrogen and oxygen atoms in total. The zero-order valence-electron chi connectivity index (χ0n) is 7.11. The number of carbonyl (C=O) groups is 2. The lowest BCUT2D eigenvalue weighted by Crippen LogP contribution is -2.21. The van der Waals surface area contributed by atoms with Gasteiger partial charge in [0.05, 0.1) is 17.0 Å². The van der Waals surface area contributed by atoms with Gasteiger partial charge in [-0.2, -0.15) is 0 Å². The third-order valence-electron chi connectivity index (χ3n) is 1.88. The van der Waals surface area contributed by atoms with Crippen LogP contribution in [0.4, 0.5) is 5.69 Å². The van der Waals surface area contributed by atoms with Gasteiger partial charge in [-0.3, -0.25) is 4.79 Å². The van der Waals surface area contributed by atoms with Crippen LogP contribution in [0, 0.1) is 0 Å². The molecule has 0 saturated carbocycles. The van der Waals surface area contributed by atoms with Crippen LogP contribution in [0.5, 0.6) is 0 Å². The summed E-state index contributed by atoms with van der Waals surface area (Å²) in [7, 11) is 0. The number of para-hydroxylation sites is 1. The average molecular weight is 209 g/mol. The summed E-state index contributed by atoms with van der Waals surface area (Å²) in [6, 6.07) is 4.95. The van der Waals surface area contributed by atoms with Crippen molar-refractivity contribution in [3.8, 4) is 0 Å². The van der Waals surface area contributed by atoms with E-state index >= 15 is 0 Å². The first kappa shape index (κ1) is 9.08. The number of benzene rings is 1. The Kier molecular flexibility index (Phi) is 2.17. The maximum Gasteiger partial charge on any atom is 0.337 e. The molecule has 1 aliphatic heterocycles. The Hall–Kier alpha value is -1.49. The van der Waals surface area contributed by atoms with E-state index in [0.717, 1.165) is 4.90 Å². The number of rotatable bonds is 1. The highest BCUT2D eigenvalue weighted by Crippen LogP contribution is 2.33. The van der Waals surface area contributed by atoms with Crippen LogP contribution in [-0.4, -0.2) is 22.7 Å². The Morgan fingerprint density at radius 1 is 1.50 bits per heavy atom. The van der Waals surface area contributed by atoms with Crippen LogP contribution in [0.15, 0.2) is 23.1 Å². The summed E-state index contributed by atoms with van der Waals surface area (Å²) in [6.45, 7) is 0. The highest BCUT2D eigenvalue weighted by molar-refractivity contribution is 8.00. The number of nitrogens with one attached hydrogen (secondary N) is 1. The van der Waals surface area contributed by atoms with E-state index in [2.05, 4.69) is 5.32 Å². The van der Waals surface area contributed by atoms with Crippen LogP contribution < -0.4 is 5.32 Å². The van der Waals surface area contributed by atoms with Crippen molar-refractivity contribution in [3.05, 3.63) is 23.8 Å². The molecule has 0 atom stereocenters. The van der Waals surface area contributed by atoms with Crippen molar-refractivity contribution in [2.24, 2.45) is 0 Å². The van der Waals surface area contributed by atoms with Crippen LogP contribution >= 0.6 is 11.8 Å². The zero-order valence-corrected chi connectivity index (χ0v) is 7.93. The van der Waals surface area contributed by atoms with Crippen LogP contribution in [0.25, 0.3) is 0 Å². The number of hydrogen-bond donors (Lipinski definition) is 2. The van der Waals surface area contributed by atoms with Crippen LogP contribution in [0.1, 0.15) is 10.4 Å². The summed E-state index contributed by atoms with van der Waals surface area (Å²) in [5, 5.41) is 11.4. The molecule has 14 heavy (non-hydrogen) atoms. The van der Waals surface area contributed by atoms with Crippen molar-refractivity contribution < 1.29 is 14.7 Å². The van der Waals surface area contributed by atoms with Gasteiger partial charge in [0.2, 0.25) is 5.91 Å². The highest BCUT2D eigenvalue weighted by Gasteiger charge is 2.20. The Balaban J connectivity index is 2.54. The SMILES string of the molecule is O=C1CSc2cccc(C(=O)O)c2N1. The van der Waals surface area contributed by atoms with E-state index in [0.29, 0.717) is 11.4 Å². The average Bonchev–Trinajstić information content (AvgIpc) is 2.16. The predicted octanol–water partition coefficient (Wildman–Crippen LogP) is 1.43. The third kappa shape index (κ3) is 1.46. The number of hydrogen-bond acceptors (Lipinski definition) is 3. The van der Waals surface area contributed by atoms with Crippen molar-refractivity contribution >= 4 is 29.3 Å². The number of anilines is 1. The molecule has 1 amide bonds. The first-order chi connectivity index (χ1) is 6.68. The molecule has 2 N–H and O–H groups in total. The number of amides is 1. The lowest BCUT2D eigenvalue weighted by atomic mass is 10.1. The standard InChI is InChI=1S/C9H7NO3S/c11-7-4-14-6-3-1-2-5(9(12)13)8(6)10-7/h1-3H,4H2,(H,10,11)(H,12,13). The molecule has 0 bridgehead atoms. The lowest BCUT2D eigenvalue weighted by Gasteiger charge is -2.17. The van der Waals surface area contributed by atoms with Crippen LogP contribution in [0.3, 0.4) is 0 Å². The molecular formula is C9H7NO3S. The number of carboxylic acids is 1. The van der Waals surface area contributed by atoms with E-state index < -0.39 is 5.97 Å². The molecule has 0 aliphatic carbocycles. The van der Waals surface area contributed by atoms with Crippen molar-refractivity contribution in [2.75, 3.05) is 11.1 Å². The topological polar surface area (TPSA) is 66.4 Å². The van der Waals surface area contributed by atoms with Gasteiger partial charge in [-0.25, -0.2) is 4.79 Å². The Morgan fingerprint density at radius 3 is 3.00 bits per heavy atom. The minimum absolute atomic E-state index is 0.142. The fourth-order valence-electron chi connectivity index (χ4n) is 1.28. The van der Waals surface area contributed by atoms with E-state index in [4.69, 9.17) is 5.11 Å². The molecule has 5 heteroatoms. The quantitative estimate of drug-likeness (QED) is 0.734. The van der Waals surface area contributed by atoms with E-state index in [-0.39, 0.29) is 11.5 Å². The van der Waals surface area contributed by atoms with Crippen molar-refractivity contribution in [1.29, 1.82) is 0 Å². The second-order valence-electron chi connectivity index (χ2n) is 2.82. The molecule has 0 fully saturated rings. The van der Waals surface area contributed by atoms with Gasteiger partial charge in [0.25, 0.3) is 0 Å². The van der Waals surface area contributed by atoms with Crippen molar-refractivity contribution in [1.82, 2.24) is 0 Å². The van der Waals surface area contributed by atoms with Gasteiger partial charge in [-0.05, 0) is 12.1 Å². The minimum Gasteiger partial charge on any atom is -0.478 e. The summed E-state index contributed by atoms with van der Waals surface area (Å²) in [5.74, 6) is -0.836. The minimum atomic E-state index is -1.02. The van der Waals surface area contributed by atoms with Crippen molar-refractivity contribution in [2.45, 2.75) is 4.90 Å². The van der Waals surface area contributed by atoms with Crippen molar-refractivity contribution in [3.63, 3.8) is 0 Å². The molecule has 1 aromatic rings. The van der Waals surface area contributed by atoms with Gasteiger partial charge in [0, 0.05) is 4.90 Å². The number of fused-ring (bicyclic) bond motifs is 1. The number of carboxylic acid groups (broad SMARTS) is 1. The van der Waals surface area contributed by atoms with E-state index in [1.807, 2.05) is 0 Å². The largest absolute Gasteiger partial charge is 0.478 e. The molecule has 0 spiro atoms. The molecule has 72 valence electrons. The summed E-state index contributed by atoms with van der Waals surface area (Å²) in [6.07, 6.45) is 0. The smallest absolute Gasteiger partial charge is 0.337 e. The first-order valence-corrected chi connectivity index (χ1v) is 4.96. The molecule has 2 rings (SSSR count). The summed E-state index contributed by atoms with van der Waals surface area (Å²) in [5.41, 5.74) is 0.560. The van der Waals surface area contributed by atoms with Gasteiger partial charge < -0.3 is 10.4 Å². The predicted molar refractivity (Wildman–Crippen MR) is 52.8 cm³/mol. The summed E-state index contributed by atoms with van der Waals surface area (Å²) < 4.78 is 0. The molecule has 1 aliphatic rings. The molecule has 1 aromatic carbocycles. The number of aromatic carboxylic acids is 1. The molecule has 0 aromatic heterocycles. The maximum absolute atomic E-state index is 11.1. The van der Waals surface area contributed by atoms with Crippen LogP contribution in [-0.2, 0) is 4.79 Å². The van der Waals surface area contributed by atoms with Gasteiger partial charge in [0.1, 0.15) is 0 Å². The molecule has 1 heterocycles. The van der Waals surface area contributed by atoms with Gasteiger partial charge in [-0.1, -0.05) is 6.07 Å². The highest BCUT2D eigenvalue weighted by atomic mass is 32.2. The van der Waals surface area contributed by atoms with Gasteiger partial charge in [-0.15, -0.1) is 11.8 Å². The molecule has 0 unspecified atom stereocenters. The maximum atomic E-state index is 11.1. The fourth-order valence-corrected chi connectivity index (χ4v) is 2.12. The Labute approximate surface area is 84.3 Å². The van der Waals surface area contributed by atoms with E-state index in [1.165, 1.54) is 17.8 Å². The van der Waals surface area contributed by atoms with Gasteiger partial charge in [0.15, 0.2) is 0 Å². The zero-order chi connectivity index (χ0) is 10.1. The normalized spacial score (nSPS) is 14.4. The fraction of sp³-hybridized carbons (Fsp3) is 0.111. The number of carbonyl (C=O) groups excluding carboxylic acids is 1. The summed E-state index contributed by atoms with van der Waals surface area (Å²) in [4.78, 5) is 22.7. The monoisotopic (exact) mass is 209 g/mol. The molecular weight excluding hydrogens is 202 g/mol. The lowest BCUT2D eigenvalue weighted by molar-refractivity contribution is -0.113. The first-order valence-electron chi connectivity index (χ1n) is 3.97. The number of thioether (sulfide) groups is 1. The van der Waals surface area contributed by atoms with E-state index in [1.54, 1.807) is 12.1 Å². The third-order valence-corrected chi connectivity index (χ3v) is 2.94. The second-order valence-corrected chi connectivity index (χ2v) is 3.84. The van der Waals surface area contributed by atoms with Gasteiger partial charge >= 0.3 is 5.97 Å².